The summed E-state index contributed by atoms with van der Waals surface area (Å²) >= 11 is 0. The van der Waals surface area contributed by atoms with Crippen molar-refractivity contribution in [1.82, 2.24) is 24.2 Å². The summed E-state index contributed by atoms with van der Waals surface area (Å²) in [5, 5.41) is 4.45. The molecular formula is C15H21N5O3. The van der Waals surface area contributed by atoms with E-state index in [1.165, 1.54) is 17.1 Å². The maximum absolute atomic E-state index is 12.5. The van der Waals surface area contributed by atoms with Crippen LogP contribution in [0.3, 0.4) is 0 Å². The Balaban J connectivity index is 1.75. The monoisotopic (exact) mass is 319 g/mol. The first kappa shape index (κ1) is 15.7. The maximum atomic E-state index is 12.5. The summed E-state index contributed by atoms with van der Waals surface area (Å²) in [7, 11) is 1.73. The highest BCUT2D eigenvalue weighted by molar-refractivity contribution is 5.77. The Kier molecular flexibility index (Phi) is 4.42. The number of ether oxygens (including phenoxy) is 1. The molecule has 23 heavy (non-hydrogen) atoms. The first-order chi connectivity index (χ1) is 11.1. The smallest absolute Gasteiger partial charge is 0.264 e. The van der Waals surface area contributed by atoms with Crippen LogP contribution < -0.4 is 5.56 Å². The van der Waals surface area contributed by atoms with Gasteiger partial charge in [-0.1, -0.05) is 0 Å². The fraction of sp³-hybridized carbons (Fsp3) is 0.600. The van der Waals surface area contributed by atoms with Gasteiger partial charge in [0.15, 0.2) is 5.65 Å². The van der Waals surface area contributed by atoms with Crippen molar-refractivity contribution in [3.8, 4) is 0 Å². The number of nitrogens with zero attached hydrogens (tertiary/aromatic N) is 5. The van der Waals surface area contributed by atoms with Crippen LogP contribution in [0.2, 0.25) is 0 Å². The molecule has 1 saturated heterocycles. The number of amides is 1. The van der Waals surface area contributed by atoms with Gasteiger partial charge >= 0.3 is 0 Å². The van der Waals surface area contributed by atoms with Crippen molar-refractivity contribution in [2.45, 2.75) is 19.9 Å². The van der Waals surface area contributed by atoms with Gasteiger partial charge in [-0.05, 0) is 13.3 Å². The minimum atomic E-state index is -0.239. The summed E-state index contributed by atoms with van der Waals surface area (Å²) in [6, 6.07) is 0. The fourth-order valence-electron chi connectivity index (χ4n) is 2.87. The Morgan fingerprint density at radius 1 is 1.52 bits per heavy atom. The van der Waals surface area contributed by atoms with Crippen molar-refractivity contribution in [3.63, 3.8) is 0 Å². The molecule has 8 heteroatoms. The number of aryl methyl sites for hydroxylation is 1. The minimum Gasteiger partial charge on any atom is -0.381 e. The highest BCUT2D eigenvalue weighted by Gasteiger charge is 2.22. The highest BCUT2D eigenvalue weighted by Crippen LogP contribution is 2.14. The van der Waals surface area contributed by atoms with Crippen LogP contribution in [-0.2, 0) is 23.1 Å². The molecule has 1 aliphatic rings. The van der Waals surface area contributed by atoms with Crippen molar-refractivity contribution >= 4 is 16.9 Å². The molecule has 2 aromatic heterocycles. The van der Waals surface area contributed by atoms with E-state index < -0.39 is 0 Å². The van der Waals surface area contributed by atoms with Gasteiger partial charge in [0, 0.05) is 32.7 Å². The molecule has 1 aliphatic heterocycles. The van der Waals surface area contributed by atoms with Crippen LogP contribution in [0.15, 0.2) is 17.3 Å². The van der Waals surface area contributed by atoms with Gasteiger partial charge in [0.2, 0.25) is 5.91 Å². The molecule has 1 fully saturated rings. The Morgan fingerprint density at radius 3 is 3.04 bits per heavy atom. The lowest BCUT2D eigenvalue weighted by Crippen LogP contribution is -2.39. The molecule has 1 atom stereocenters. The van der Waals surface area contributed by atoms with E-state index in [4.69, 9.17) is 4.74 Å². The Morgan fingerprint density at radius 2 is 2.35 bits per heavy atom. The van der Waals surface area contributed by atoms with Crippen LogP contribution in [0, 0.1) is 5.92 Å². The molecule has 2 aromatic rings. The van der Waals surface area contributed by atoms with E-state index >= 15 is 0 Å². The van der Waals surface area contributed by atoms with Crippen LogP contribution in [0.1, 0.15) is 13.3 Å². The summed E-state index contributed by atoms with van der Waals surface area (Å²) in [6.45, 7) is 4.70. The van der Waals surface area contributed by atoms with Gasteiger partial charge in [-0.15, -0.1) is 0 Å². The molecule has 1 amide bonds. The summed E-state index contributed by atoms with van der Waals surface area (Å²) in [5.41, 5.74) is 0.283. The van der Waals surface area contributed by atoms with E-state index in [9.17, 15) is 9.59 Å². The molecule has 0 aliphatic carbocycles. The molecule has 0 N–H and O–H groups in total. The van der Waals surface area contributed by atoms with Gasteiger partial charge in [0.05, 0.1) is 12.8 Å². The molecule has 0 radical (unpaired) electrons. The molecule has 124 valence electrons. The second-order valence-electron chi connectivity index (χ2n) is 5.85. The van der Waals surface area contributed by atoms with E-state index in [1.54, 1.807) is 16.6 Å². The van der Waals surface area contributed by atoms with E-state index in [0.717, 1.165) is 13.0 Å². The Labute approximate surface area is 133 Å². The lowest BCUT2D eigenvalue weighted by atomic mass is 10.1. The number of hydrogen-bond acceptors (Lipinski definition) is 5. The predicted octanol–water partition coefficient (Wildman–Crippen LogP) is 0.0150. The van der Waals surface area contributed by atoms with Crippen LogP contribution in [-0.4, -0.2) is 56.4 Å². The number of carbonyl (C=O) groups is 1. The van der Waals surface area contributed by atoms with Crippen molar-refractivity contribution in [2.24, 2.45) is 13.0 Å². The first-order valence-electron chi connectivity index (χ1n) is 7.82. The van der Waals surface area contributed by atoms with Gasteiger partial charge in [-0.25, -0.2) is 4.98 Å². The molecule has 3 heterocycles. The third kappa shape index (κ3) is 3.12. The van der Waals surface area contributed by atoms with Crippen molar-refractivity contribution in [3.05, 3.63) is 22.9 Å². The standard InChI is InChI=1S/C15H21N5O3/c1-3-19(7-11-4-5-23-9-11)13(21)8-20-10-16-14-12(15(20)22)6-17-18(14)2/h6,10-11H,3-5,7-9H2,1-2H3/t11-/m0/s1. The third-order valence-electron chi connectivity index (χ3n) is 4.26. The van der Waals surface area contributed by atoms with Crippen LogP contribution >= 0.6 is 0 Å². The average molecular weight is 319 g/mol. The zero-order chi connectivity index (χ0) is 16.4. The number of likely N-dealkylation sites (N-methyl/N-ethyl adjacent to an activating group) is 1. The number of hydrogen-bond donors (Lipinski definition) is 0. The maximum Gasteiger partial charge on any atom is 0.264 e. The van der Waals surface area contributed by atoms with Crippen LogP contribution in [0.4, 0.5) is 0 Å². The lowest BCUT2D eigenvalue weighted by molar-refractivity contribution is -0.132. The number of fused-ring (bicyclic) bond motifs is 1. The largest absolute Gasteiger partial charge is 0.381 e. The molecular weight excluding hydrogens is 298 g/mol. The van der Waals surface area contributed by atoms with Crippen molar-refractivity contribution in [2.75, 3.05) is 26.3 Å². The normalized spacial score (nSPS) is 17.7. The SMILES string of the molecule is CCN(C[C@@H]1CCOC1)C(=O)Cn1cnc2c(cnn2C)c1=O. The number of carbonyl (C=O) groups excluding carboxylic acids is 1. The first-order valence-corrected chi connectivity index (χ1v) is 7.82. The van der Waals surface area contributed by atoms with Crippen molar-refractivity contribution < 1.29 is 9.53 Å². The topological polar surface area (TPSA) is 82.2 Å². The molecule has 0 unspecified atom stereocenters. The zero-order valence-corrected chi connectivity index (χ0v) is 13.4. The van der Waals surface area contributed by atoms with Gasteiger partial charge in [-0.2, -0.15) is 5.10 Å². The average Bonchev–Trinajstić information content (AvgIpc) is 3.18. The molecule has 0 saturated carbocycles. The fourth-order valence-corrected chi connectivity index (χ4v) is 2.87. The molecule has 0 aromatic carbocycles. The van der Waals surface area contributed by atoms with E-state index in [2.05, 4.69) is 10.1 Å². The third-order valence-corrected chi connectivity index (χ3v) is 4.26. The highest BCUT2D eigenvalue weighted by atomic mass is 16.5. The summed E-state index contributed by atoms with van der Waals surface area (Å²) in [5.74, 6) is 0.307. The summed E-state index contributed by atoms with van der Waals surface area (Å²) in [4.78, 5) is 30.9. The van der Waals surface area contributed by atoms with Gasteiger partial charge < -0.3 is 9.64 Å². The van der Waals surface area contributed by atoms with Gasteiger partial charge in [0.1, 0.15) is 18.3 Å². The van der Waals surface area contributed by atoms with Crippen LogP contribution in [0.25, 0.3) is 11.0 Å². The number of rotatable bonds is 5. The van der Waals surface area contributed by atoms with Gasteiger partial charge in [-0.3, -0.25) is 18.8 Å². The number of aromatic nitrogens is 4. The molecule has 8 nitrogen and oxygen atoms in total. The minimum absolute atomic E-state index is 0.00190. The molecule has 3 rings (SSSR count). The summed E-state index contributed by atoms with van der Waals surface area (Å²) in [6.07, 6.45) is 3.88. The summed E-state index contributed by atoms with van der Waals surface area (Å²) < 4.78 is 8.25. The quantitative estimate of drug-likeness (QED) is 0.776. The predicted molar refractivity (Wildman–Crippen MR) is 83.9 cm³/mol. The zero-order valence-electron chi connectivity index (χ0n) is 13.4. The van der Waals surface area contributed by atoms with Gasteiger partial charge in [0.25, 0.3) is 5.56 Å². The molecule has 0 bridgehead atoms. The van der Waals surface area contributed by atoms with E-state index in [1.807, 2.05) is 6.92 Å². The second kappa shape index (κ2) is 6.49. The Bertz CT molecular complexity index is 760. The van der Waals surface area contributed by atoms with E-state index in [0.29, 0.717) is 36.6 Å². The van der Waals surface area contributed by atoms with E-state index in [-0.39, 0.29) is 18.0 Å². The second-order valence-corrected chi connectivity index (χ2v) is 5.85. The molecule has 0 spiro atoms. The van der Waals surface area contributed by atoms with Crippen LogP contribution in [0.5, 0.6) is 0 Å². The lowest BCUT2D eigenvalue weighted by Gasteiger charge is -2.24. The Hall–Kier alpha value is -2.22. The van der Waals surface area contributed by atoms with Crippen molar-refractivity contribution in [1.29, 1.82) is 0 Å².